The Kier molecular flexibility index (Phi) is 9.26. The fourth-order valence-corrected chi connectivity index (χ4v) is 5.57. The van der Waals surface area contributed by atoms with Crippen molar-refractivity contribution in [3.05, 3.63) is 52.5 Å². The van der Waals surface area contributed by atoms with Crippen molar-refractivity contribution in [2.45, 2.75) is 18.2 Å². The molecule has 0 saturated heterocycles. The predicted octanol–water partition coefficient (Wildman–Crippen LogP) is 4.53. The maximum absolute atomic E-state index is 13.4. The number of halogens is 2. The van der Waals surface area contributed by atoms with Gasteiger partial charge in [0.05, 0.1) is 15.1 Å². The third kappa shape index (κ3) is 6.23. The average molecular weight is 532 g/mol. The van der Waals surface area contributed by atoms with Crippen LogP contribution in [0.1, 0.15) is 22.3 Å². The molecule has 2 aromatic carbocycles. The molecule has 0 spiro atoms. The standard InChI is InChI=1S/C22H27ClN4O3S2.ClH/c1-15-13-17(23)14-19-20(15)24-22(31-19)27(12-6-11-25(2)3)21(28)16-7-9-18(10-8-16)32(29,30)26(4)5;/h7-10,13-14H,6,11-12H2,1-5H3;1H. The molecule has 0 N–H and O–H groups in total. The zero-order valence-electron chi connectivity index (χ0n) is 19.2. The third-order valence-corrected chi connectivity index (χ3v) is 8.05. The number of aryl methyl sites for hydroxylation is 1. The van der Waals surface area contributed by atoms with E-state index in [-0.39, 0.29) is 23.2 Å². The lowest BCUT2D eigenvalue weighted by Crippen LogP contribution is -2.33. The molecule has 1 amide bonds. The van der Waals surface area contributed by atoms with E-state index in [2.05, 4.69) is 4.90 Å². The molecular weight excluding hydrogens is 503 g/mol. The topological polar surface area (TPSA) is 73.8 Å². The number of hydrogen-bond acceptors (Lipinski definition) is 6. The maximum Gasteiger partial charge on any atom is 0.260 e. The second-order valence-electron chi connectivity index (χ2n) is 7.99. The molecule has 0 saturated carbocycles. The molecule has 0 radical (unpaired) electrons. The summed E-state index contributed by atoms with van der Waals surface area (Å²) >= 11 is 7.62. The number of aromatic nitrogens is 1. The molecule has 1 heterocycles. The summed E-state index contributed by atoms with van der Waals surface area (Å²) in [6.45, 7) is 3.25. The Morgan fingerprint density at radius 2 is 1.70 bits per heavy atom. The fraction of sp³-hybridized carbons (Fsp3) is 0.364. The normalized spacial score (nSPS) is 11.8. The van der Waals surface area contributed by atoms with Crippen molar-refractivity contribution < 1.29 is 13.2 Å². The van der Waals surface area contributed by atoms with Crippen LogP contribution in [-0.2, 0) is 10.0 Å². The Labute approximate surface area is 210 Å². The molecule has 11 heteroatoms. The molecule has 0 aliphatic carbocycles. The molecule has 1 aromatic heterocycles. The Morgan fingerprint density at radius 3 is 2.27 bits per heavy atom. The van der Waals surface area contributed by atoms with Crippen LogP contribution in [0.15, 0.2) is 41.3 Å². The van der Waals surface area contributed by atoms with Gasteiger partial charge in [0.25, 0.3) is 5.91 Å². The number of benzene rings is 2. The highest BCUT2D eigenvalue weighted by molar-refractivity contribution is 7.89. The van der Waals surface area contributed by atoms with Crippen molar-refractivity contribution in [1.29, 1.82) is 0 Å². The molecule has 0 unspecified atom stereocenters. The molecule has 0 atom stereocenters. The number of anilines is 1. The summed E-state index contributed by atoms with van der Waals surface area (Å²) < 4.78 is 26.7. The van der Waals surface area contributed by atoms with Crippen LogP contribution in [0.5, 0.6) is 0 Å². The van der Waals surface area contributed by atoms with Crippen LogP contribution >= 0.6 is 35.3 Å². The zero-order chi connectivity index (χ0) is 23.6. The summed E-state index contributed by atoms with van der Waals surface area (Å²) in [6.07, 6.45) is 0.765. The van der Waals surface area contributed by atoms with Gasteiger partial charge >= 0.3 is 0 Å². The van der Waals surface area contributed by atoms with Crippen LogP contribution in [0.2, 0.25) is 5.02 Å². The zero-order valence-corrected chi connectivity index (χ0v) is 22.4. The van der Waals surface area contributed by atoms with Crippen LogP contribution < -0.4 is 4.90 Å². The first-order valence-corrected chi connectivity index (χ1v) is 12.7. The Hall–Kier alpha value is -1.75. The summed E-state index contributed by atoms with van der Waals surface area (Å²) in [6, 6.07) is 9.73. The lowest BCUT2D eigenvalue weighted by Gasteiger charge is -2.21. The fourth-order valence-electron chi connectivity index (χ4n) is 3.22. The predicted molar refractivity (Wildman–Crippen MR) is 139 cm³/mol. The van der Waals surface area contributed by atoms with E-state index in [1.54, 1.807) is 17.0 Å². The number of carbonyl (C=O) groups excluding carboxylic acids is 1. The molecule has 180 valence electrons. The van der Waals surface area contributed by atoms with Crippen LogP contribution in [0.25, 0.3) is 10.2 Å². The van der Waals surface area contributed by atoms with Crippen molar-refractivity contribution in [1.82, 2.24) is 14.2 Å². The van der Waals surface area contributed by atoms with E-state index in [4.69, 9.17) is 16.6 Å². The minimum atomic E-state index is -3.56. The highest BCUT2D eigenvalue weighted by atomic mass is 35.5. The number of hydrogen-bond donors (Lipinski definition) is 0. The average Bonchev–Trinajstić information content (AvgIpc) is 3.14. The summed E-state index contributed by atoms with van der Waals surface area (Å²) in [5, 5.41) is 1.23. The van der Waals surface area contributed by atoms with Crippen molar-refractivity contribution in [3.63, 3.8) is 0 Å². The SMILES string of the molecule is Cc1cc(Cl)cc2sc(N(CCCN(C)C)C(=O)c3ccc(S(=O)(=O)N(C)C)cc3)nc12.Cl. The summed E-state index contributed by atoms with van der Waals surface area (Å²) in [7, 11) is 3.36. The van der Waals surface area contributed by atoms with E-state index in [0.29, 0.717) is 22.3 Å². The summed E-state index contributed by atoms with van der Waals surface area (Å²) in [4.78, 5) is 22.0. The number of rotatable bonds is 8. The molecule has 3 rings (SSSR count). The van der Waals surface area contributed by atoms with Crippen LogP contribution in [0.3, 0.4) is 0 Å². The van der Waals surface area contributed by atoms with Gasteiger partial charge in [0.2, 0.25) is 10.0 Å². The highest BCUT2D eigenvalue weighted by Crippen LogP contribution is 2.33. The van der Waals surface area contributed by atoms with Gasteiger partial charge in [-0.1, -0.05) is 22.9 Å². The molecule has 3 aromatic rings. The van der Waals surface area contributed by atoms with Gasteiger partial charge in [0.1, 0.15) is 0 Å². The minimum absolute atomic E-state index is 0. The van der Waals surface area contributed by atoms with Gasteiger partial charge in [-0.3, -0.25) is 9.69 Å². The first-order valence-electron chi connectivity index (χ1n) is 10.1. The molecule has 0 aliphatic rings. The number of sulfonamides is 1. The largest absolute Gasteiger partial charge is 0.309 e. The van der Waals surface area contributed by atoms with Crippen LogP contribution in [0, 0.1) is 6.92 Å². The molecule has 33 heavy (non-hydrogen) atoms. The molecule has 0 fully saturated rings. The van der Waals surface area contributed by atoms with Gasteiger partial charge in [-0.2, -0.15) is 0 Å². The molecule has 0 bridgehead atoms. The number of fused-ring (bicyclic) bond motifs is 1. The van der Waals surface area contributed by atoms with E-state index in [1.165, 1.54) is 37.6 Å². The van der Waals surface area contributed by atoms with Crippen LogP contribution in [-0.4, -0.2) is 69.8 Å². The van der Waals surface area contributed by atoms with Gasteiger partial charge in [0.15, 0.2) is 5.13 Å². The first kappa shape index (κ1) is 27.5. The van der Waals surface area contributed by atoms with E-state index in [9.17, 15) is 13.2 Å². The van der Waals surface area contributed by atoms with Gasteiger partial charge < -0.3 is 4.90 Å². The third-order valence-electron chi connectivity index (χ3n) is 4.98. The molecular formula is C22H28Cl2N4O3S2. The van der Waals surface area contributed by atoms with Gasteiger partial charge in [-0.15, -0.1) is 12.4 Å². The summed E-state index contributed by atoms with van der Waals surface area (Å²) in [5.74, 6) is -0.222. The van der Waals surface area contributed by atoms with E-state index in [1.807, 2.05) is 33.2 Å². The van der Waals surface area contributed by atoms with Crippen molar-refractivity contribution in [3.8, 4) is 0 Å². The van der Waals surface area contributed by atoms with E-state index >= 15 is 0 Å². The van der Waals surface area contributed by atoms with Crippen molar-refractivity contribution >= 4 is 66.6 Å². The number of nitrogens with zero attached hydrogens (tertiary/aromatic N) is 4. The quantitative estimate of drug-likeness (QED) is 0.427. The lowest BCUT2D eigenvalue weighted by molar-refractivity contribution is 0.0986. The maximum atomic E-state index is 13.4. The monoisotopic (exact) mass is 530 g/mol. The van der Waals surface area contributed by atoms with Crippen molar-refractivity contribution in [2.24, 2.45) is 0 Å². The first-order chi connectivity index (χ1) is 15.0. The smallest absolute Gasteiger partial charge is 0.260 e. The Bertz CT molecular complexity index is 1230. The molecule has 7 nitrogen and oxygen atoms in total. The minimum Gasteiger partial charge on any atom is -0.309 e. The molecule has 0 aliphatic heterocycles. The van der Waals surface area contributed by atoms with Gasteiger partial charge in [-0.05, 0) is 75.9 Å². The van der Waals surface area contributed by atoms with Crippen LogP contribution in [0.4, 0.5) is 5.13 Å². The second kappa shape index (κ2) is 11.1. The number of thiazole rings is 1. The van der Waals surface area contributed by atoms with Gasteiger partial charge in [0, 0.05) is 31.2 Å². The number of amides is 1. The Balaban J connectivity index is 0.00000385. The van der Waals surface area contributed by atoms with Crippen molar-refractivity contribution in [2.75, 3.05) is 46.2 Å². The number of carbonyl (C=O) groups is 1. The summed E-state index contributed by atoms with van der Waals surface area (Å²) in [5.41, 5.74) is 2.18. The van der Waals surface area contributed by atoms with E-state index in [0.717, 1.165) is 33.1 Å². The van der Waals surface area contributed by atoms with E-state index < -0.39 is 10.0 Å². The van der Waals surface area contributed by atoms with Gasteiger partial charge in [-0.25, -0.2) is 17.7 Å². The lowest BCUT2D eigenvalue weighted by atomic mass is 10.2. The second-order valence-corrected chi connectivity index (χ2v) is 11.6. The Morgan fingerprint density at radius 1 is 1.06 bits per heavy atom. The highest BCUT2D eigenvalue weighted by Gasteiger charge is 2.23.